The summed E-state index contributed by atoms with van der Waals surface area (Å²) < 4.78 is 5.30. The predicted molar refractivity (Wildman–Crippen MR) is 78.0 cm³/mol. The molecule has 21 heavy (non-hydrogen) atoms. The summed E-state index contributed by atoms with van der Waals surface area (Å²) in [6.07, 6.45) is -0.807. The fraction of sp³-hybridized carbons (Fsp3) is 0.125. The molecule has 1 heterocycles. The Kier molecular flexibility index (Phi) is 3.62. The molecule has 0 radical (unpaired) electrons. The van der Waals surface area contributed by atoms with Crippen molar-refractivity contribution in [2.75, 3.05) is 0 Å². The summed E-state index contributed by atoms with van der Waals surface area (Å²) in [6.45, 7) is 0. The Morgan fingerprint density at radius 3 is 2.33 bits per heavy atom. The second-order valence-corrected chi connectivity index (χ2v) is 5.17. The van der Waals surface area contributed by atoms with Crippen LogP contribution < -0.4 is 5.32 Å². The number of benzene rings is 2. The highest BCUT2D eigenvalue weighted by molar-refractivity contribution is 6.30. The van der Waals surface area contributed by atoms with Crippen molar-refractivity contribution in [2.45, 2.75) is 12.1 Å². The molecule has 5 heteroatoms. The highest BCUT2D eigenvalue weighted by atomic mass is 35.5. The van der Waals surface area contributed by atoms with Crippen LogP contribution in [0.3, 0.4) is 0 Å². The molecule has 106 valence electrons. The smallest absolute Gasteiger partial charge is 0.338 e. The fourth-order valence-electron chi connectivity index (χ4n) is 2.17. The molecule has 1 fully saturated rings. The molecule has 4 nitrogen and oxygen atoms in total. The number of ether oxygens (including phenoxy) is 1. The molecule has 0 aliphatic carbocycles. The number of β-lactam (4-membered cyclic amide) rings is 1. The standard InChI is InChI=1S/C16H12ClNO3/c17-12-8-6-10(7-9-12)13-14(15(19)18-13)21-16(20)11-4-2-1-3-5-11/h1-9,13-14H,(H,18,19)/t13-,14-/m0/s1. The molecular formula is C16H12ClNO3. The maximum absolute atomic E-state index is 12.0. The summed E-state index contributed by atoms with van der Waals surface area (Å²) in [5.41, 5.74) is 1.27. The molecule has 0 spiro atoms. The van der Waals surface area contributed by atoms with E-state index in [1.54, 1.807) is 48.5 Å². The van der Waals surface area contributed by atoms with Gasteiger partial charge in [0.25, 0.3) is 5.91 Å². The lowest BCUT2D eigenvalue weighted by Crippen LogP contribution is -2.57. The predicted octanol–water partition coefficient (Wildman–Crippen LogP) is 2.74. The van der Waals surface area contributed by atoms with Gasteiger partial charge in [-0.1, -0.05) is 41.9 Å². The Morgan fingerprint density at radius 2 is 1.71 bits per heavy atom. The van der Waals surface area contributed by atoms with Crippen LogP contribution in [0.25, 0.3) is 0 Å². The summed E-state index contributed by atoms with van der Waals surface area (Å²) >= 11 is 5.83. The first-order valence-electron chi connectivity index (χ1n) is 6.47. The van der Waals surface area contributed by atoms with Gasteiger partial charge in [0.05, 0.1) is 5.56 Å². The van der Waals surface area contributed by atoms with E-state index in [1.165, 1.54) is 0 Å². The number of amides is 1. The molecule has 1 saturated heterocycles. The summed E-state index contributed by atoms with van der Waals surface area (Å²) in [6, 6.07) is 15.3. The molecule has 3 rings (SSSR count). The van der Waals surface area contributed by atoms with E-state index in [1.807, 2.05) is 6.07 Å². The van der Waals surface area contributed by atoms with Gasteiger partial charge < -0.3 is 10.1 Å². The van der Waals surface area contributed by atoms with Gasteiger partial charge in [-0.05, 0) is 29.8 Å². The number of hydrogen-bond acceptors (Lipinski definition) is 3. The largest absolute Gasteiger partial charge is 0.446 e. The first-order chi connectivity index (χ1) is 10.1. The van der Waals surface area contributed by atoms with E-state index in [0.29, 0.717) is 10.6 Å². The Morgan fingerprint density at radius 1 is 1.05 bits per heavy atom. The Hall–Kier alpha value is -2.33. The van der Waals surface area contributed by atoms with Crippen molar-refractivity contribution in [1.29, 1.82) is 0 Å². The molecule has 2 aromatic carbocycles. The van der Waals surface area contributed by atoms with Crippen molar-refractivity contribution in [3.05, 3.63) is 70.7 Å². The summed E-state index contributed by atoms with van der Waals surface area (Å²) in [5.74, 6) is -0.798. The molecule has 2 atom stereocenters. The van der Waals surface area contributed by atoms with E-state index in [-0.39, 0.29) is 11.9 Å². The average Bonchev–Trinajstić information content (AvgIpc) is 2.52. The second-order valence-electron chi connectivity index (χ2n) is 4.73. The van der Waals surface area contributed by atoms with E-state index in [2.05, 4.69) is 5.32 Å². The van der Waals surface area contributed by atoms with Crippen molar-refractivity contribution < 1.29 is 14.3 Å². The molecule has 0 aromatic heterocycles. The molecular weight excluding hydrogens is 290 g/mol. The Bertz CT molecular complexity index is 670. The van der Waals surface area contributed by atoms with Crippen molar-refractivity contribution in [3.63, 3.8) is 0 Å². The van der Waals surface area contributed by atoms with Gasteiger partial charge in [0.2, 0.25) is 6.10 Å². The first-order valence-corrected chi connectivity index (χ1v) is 6.85. The second kappa shape index (κ2) is 5.58. The quantitative estimate of drug-likeness (QED) is 0.700. The van der Waals surface area contributed by atoms with E-state index in [4.69, 9.17) is 16.3 Å². The van der Waals surface area contributed by atoms with Crippen LogP contribution >= 0.6 is 11.6 Å². The number of esters is 1. The minimum absolute atomic E-state index is 0.292. The highest BCUT2D eigenvalue weighted by Crippen LogP contribution is 2.28. The van der Waals surface area contributed by atoms with Gasteiger partial charge in [0.15, 0.2) is 0 Å². The normalized spacial score (nSPS) is 20.3. The van der Waals surface area contributed by atoms with E-state index < -0.39 is 12.1 Å². The third-order valence-electron chi connectivity index (χ3n) is 3.33. The van der Waals surface area contributed by atoms with Gasteiger partial charge in [0.1, 0.15) is 6.04 Å². The number of rotatable bonds is 3. The zero-order chi connectivity index (χ0) is 14.8. The summed E-state index contributed by atoms with van der Waals surface area (Å²) in [4.78, 5) is 23.6. The van der Waals surface area contributed by atoms with Crippen LogP contribution in [0.1, 0.15) is 22.0 Å². The van der Waals surface area contributed by atoms with Crippen LogP contribution in [-0.4, -0.2) is 18.0 Å². The minimum Gasteiger partial charge on any atom is -0.446 e. The van der Waals surface area contributed by atoms with Gasteiger partial charge in [-0.2, -0.15) is 0 Å². The molecule has 1 aliphatic heterocycles. The molecule has 1 amide bonds. The lowest BCUT2D eigenvalue weighted by molar-refractivity contribution is -0.143. The third kappa shape index (κ3) is 2.76. The van der Waals surface area contributed by atoms with Crippen LogP contribution in [0.5, 0.6) is 0 Å². The van der Waals surface area contributed by atoms with Crippen molar-refractivity contribution in [3.8, 4) is 0 Å². The third-order valence-corrected chi connectivity index (χ3v) is 3.58. The van der Waals surface area contributed by atoms with Crippen LogP contribution in [0.2, 0.25) is 5.02 Å². The van der Waals surface area contributed by atoms with E-state index in [0.717, 1.165) is 5.56 Å². The highest BCUT2D eigenvalue weighted by Gasteiger charge is 2.43. The number of hydrogen-bond donors (Lipinski definition) is 1. The van der Waals surface area contributed by atoms with E-state index in [9.17, 15) is 9.59 Å². The van der Waals surface area contributed by atoms with Crippen molar-refractivity contribution in [2.24, 2.45) is 0 Å². The monoisotopic (exact) mass is 301 g/mol. The first kappa shape index (κ1) is 13.6. The molecule has 0 unspecified atom stereocenters. The van der Waals surface area contributed by atoms with Crippen molar-refractivity contribution >= 4 is 23.5 Å². The number of carbonyl (C=O) groups excluding carboxylic acids is 2. The minimum atomic E-state index is -0.807. The van der Waals surface area contributed by atoms with Gasteiger partial charge in [-0.3, -0.25) is 4.79 Å². The molecule has 0 bridgehead atoms. The SMILES string of the molecule is O=C(O[C@@H]1C(=O)N[C@H]1c1ccc(Cl)cc1)c1ccccc1. The van der Waals surface area contributed by atoms with Crippen LogP contribution in [0, 0.1) is 0 Å². The fourth-order valence-corrected chi connectivity index (χ4v) is 2.30. The van der Waals surface area contributed by atoms with Crippen molar-refractivity contribution in [1.82, 2.24) is 5.32 Å². The maximum Gasteiger partial charge on any atom is 0.338 e. The number of carbonyl (C=O) groups is 2. The van der Waals surface area contributed by atoms with Gasteiger partial charge in [0, 0.05) is 5.02 Å². The maximum atomic E-state index is 12.0. The topological polar surface area (TPSA) is 55.4 Å². The number of nitrogens with one attached hydrogen (secondary N) is 1. The lowest BCUT2D eigenvalue weighted by Gasteiger charge is -2.36. The Labute approximate surface area is 126 Å². The average molecular weight is 302 g/mol. The summed E-state index contributed by atoms with van der Waals surface area (Å²) in [5, 5.41) is 3.34. The molecule has 1 aliphatic rings. The zero-order valence-electron chi connectivity index (χ0n) is 11.0. The van der Waals surface area contributed by atoms with Crippen LogP contribution in [0.4, 0.5) is 0 Å². The number of halogens is 1. The van der Waals surface area contributed by atoms with Gasteiger partial charge in [-0.15, -0.1) is 0 Å². The zero-order valence-corrected chi connectivity index (χ0v) is 11.7. The molecule has 1 N–H and O–H groups in total. The van der Waals surface area contributed by atoms with Gasteiger partial charge in [-0.25, -0.2) is 4.79 Å². The van der Waals surface area contributed by atoms with Crippen LogP contribution in [-0.2, 0) is 9.53 Å². The van der Waals surface area contributed by atoms with Crippen LogP contribution in [0.15, 0.2) is 54.6 Å². The molecule has 2 aromatic rings. The Balaban J connectivity index is 1.73. The molecule has 0 saturated carbocycles. The van der Waals surface area contributed by atoms with E-state index >= 15 is 0 Å². The lowest BCUT2D eigenvalue weighted by atomic mass is 9.94. The summed E-state index contributed by atoms with van der Waals surface area (Å²) in [7, 11) is 0. The van der Waals surface area contributed by atoms with Gasteiger partial charge >= 0.3 is 5.97 Å².